The van der Waals surface area contributed by atoms with E-state index in [0.29, 0.717) is 17.2 Å². The first-order chi connectivity index (χ1) is 8.74. The predicted molar refractivity (Wildman–Crippen MR) is 62.1 cm³/mol. The number of hydrogen-bond acceptors (Lipinski definition) is 5. The number of fused-ring (bicyclic) bond motifs is 1. The second kappa shape index (κ2) is 3.99. The Morgan fingerprint density at radius 1 is 1.22 bits per heavy atom. The molecule has 0 fully saturated rings. The molecule has 0 aliphatic carbocycles. The van der Waals surface area contributed by atoms with E-state index in [-0.39, 0.29) is 12.6 Å². The first kappa shape index (κ1) is 10.5. The van der Waals surface area contributed by atoms with Crippen LogP contribution in [0.1, 0.15) is 10.6 Å². The summed E-state index contributed by atoms with van der Waals surface area (Å²) in [7, 11) is 0. The molecule has 1 aliphatic heterocycles. The van der Waals surface area contributed by atoms with Crippen LogP contribution in [-0.4, -0.2) is 22.7 Å². The zero-order valence-corrected chi connectivity index (χ0v) is 9.29. The first-order valence-corrected chi connectivity index (χ1v) is 5.27. The molecule has 0 bridgehead atoms. The Labute approximate surface area is 102 Å². The molecular weight excluding hydrogens is 234 g/mol. The molecule has 0 atom stereocenters. The van der Waals surface area contributed by atoms with Crippen LogP contribution < -0.4 is 15.2 Å². The molecule has 3 rings (SSSR count). The molecule has 6 heteroatoms. The molecule has 0 spiro atoms. The minimum Gasteiger partial charge on any atom is -0.454 e. The molecule has 90 valence electrons. The maximum atomic E-state index is 11.0. The normalized spacial score (nSPS) is 12.4. The molecule has 0 saturated carbocycles. The number of carbonyl (C=O) groups excluding carboxylic acids is 1. The van der Waals surface area contributed by atoms with Gasteiger partial charge in [-0.25, -0.2) is 9.97 Å². The van der Waals surface area contributed by atoms with Gasteiger partial charge in [0, 0.05) is 11.8 Å². The van der Waals surface area contributed by atoms with Crippen LogP contribution in [0.4, 0.5) is 0 Å². The Morgan fingerprint density at radius 2 is 2.06 bits per heavy atom. The Morgan fingerprint density at radius 3 is 2.89 bits per heavy atom. The van der Waals surface area contributed by atoms with Gasteiger partial charge >= 0.3 is 0 Å². The highest BCUT2D eigenvalue weighted by atomic mass is 16.7. The average molecular weight is 243 g/mol. The number of ether oxygens (including phenoxy) is 2. The molecule has 1 aromatic carbocycles. The molecule has 2 heterocycles. The SMILES string of the molecule is NC(=O)c1nccc(-c2ccc3c(c2)OCO3)n1. The van der Waals surface area contributed by atoms with Crippen molar-refractivity contribution in [2.45, 2.75) is 0 Å². The van der Waals surface area contributed by atoms with Gasteiger partial charge in [0.25, 0.3) is 5.91 Å². The molecule has 6 nitrogen and oxygen atoms in total. The van der Waals surface area contributed by atoms with Crippen LogP contribution in [0.15, 0.2) is 30.5 Å². The fourth-order valence-electron chi connectivity index (χ4n) is 1.69. The minimum atomic E-state index is -0.655. The summed E-state index contributed by atoms with van der Waals surface area (Å²) in [5.41, 5.74) is 6.56. The lowest BCUT2D eigenvalue weighted by atomic mass is 10.1. The van der Waals surface area contributed by atoms with Gasteiger partial charge in [-0.2, -0.15) is 0 Å². The number of rotatable bonds is 2. The van der Waals surface area contributed by atoms with E-state index in [4.69, 9.17) is 15.2 Å². The van der Waals surface area contributed by atoms with E-state index >= 15 is 0 Å². The third kappa shape index (κ3) is 1.73. The monoisotopic (exact) mass is 243 g/mol. The number of hydrogen-bond donors (Lipinski definition) is 1. The predicted octanol–water partition coefficient (Wildman–Crippen LogP) is 0.971. The van der Waals surface area contributed by atoms with Crippen molar-refractivity contribution in [3.8, 4) is 22.8 Å². The topological polar surface area (TPSA) is 87.3 Å². The molecule has 18 heavy (non-hydrogen) atoms. The second-order valence-electron chi connectivity index (χ2n) is 3.70. The van der Waals surface area contributed by atoms with E-state index in [1.54, 1.807) is 18.2 Å². The molecule has 2 aromatic rings. The highest BCUT2D eigenvalue weighted by molar-refractivity contribution is 5.89. The molecule has 1 amide bonds. The number of nitrogens with zero attached hydrogens (tertiary/aromatic N) is 2. The Hall–Kier alpha value is -2.63. The summed E-state index contributed by atoms with van der Waals surface area (Å²) in [4.78, 5) is 18.9. The highest BCUT2D eigenvalue weighted by Crippen LogP contribution is 2.35. The van der Waals surface area contributed by atoms with Crippen LogP contribution >= 0.6 is 0 Å². The van der Waals surface area contributed by atoms with Crippen molar-refractivity contribution < 1.29 is 14.3 Å². The van der Waals surface area contributed by atoms with E-state index in [0.717, 1.165) is 5.56 Å². The van der Waals surface area contributed by atoms with Crippen LogP contribution in [0.2, 0.25) is 0 Å². The summed E-state index contributed by atoms with van der Waals surface area (Å²) >= 11 is 0. The lowest BCUT2D eigenvalue weighted by molar-refractivity contribution is 0.0990. The maximum Gasteiger partial charge on any atom is 0.286 e. The number of carbonyl (C=O) groups is 1. The first-order valence-electron chi connectivity index (χ1n) is 5.27. The van der Waals surface area contributed by atoms with Crippen molar-refractivity contribution in [1.29, 1.82) is 0 Å². The Kier molecular flexibility index (Phi) is 2.33. The average Bonchev–Trinajstić information content (AvgIpc) is 2.86. The lowest BCUT2D eigenvalue weighted by Gasteiger charge is -2.03. The van der Waals surface area contributed by atoms with Gasteiger partial charge in [0.2, 0.25) is 12.6 Å². The summed E-state index contributed by atoms with van der Waals surface area (Å²) < 4.78 is 10.5. The van der Waals surface area contributed by atoms with Crippen LogP contribution in [0, 0.1) is 0 Å². The van der Waals surface area contributed by atoms with Gasteiger partial charge in [-0.15, -0.1) is 0 Å². The summed E-state index contributed by atoms with van der Waals surface area (Å²) in [5.74, 6) is 0.692. The van der Waals surface area contributed by atoms with Crippen LogP contribution in [-0.2, 0) is 0 Å². The summed E-state index contributed by atoms with van der Waals surface area (Å²) in [6.07, 6.45) is 1.49. The van der Waals surface area contributed by atoms with Crippen molar-refractivity contribution in [2.75, 3.05) is 6.79 Å². The van der Waals surface area contributed by atoms with Gasteiger partial charge in [-0.05, 0) is 24.3 Å². The Bertz CT molecular complexity index is 628. The van der Waals surface area contributed by atoms with Crippen molar-refractivity contribution in [1.82, 2.24) is 9.97 Å². The molecule has 0 radical (unpaired) electrons. The van der Waals surface area contributed by atoms with Gasteiger partial charge < -0.3 is 15.2 Å². The highest BCUT2D eigenvalue weighted by Gasteiger charge is 2.15. The zero-order valence-electron chi connectivity index (χ0n) is 9.29. The van der Waals surface area contributed by atoms with E-state index in [9.17, 15) is 4.79 Å². The minimum absolute atomic E-state index is 0.00910. The molecule has 1 aromatic heterocycles. The van der Waals surface area contributed by atoms with Gasteiger partial charge in [-0.1, -0.05) is 0 Å². The van der Waals surface area contributed by atoms with Crippen molar-refractivity contribution in [3.63, 3.8) is 0 Å². The van der Waals surface area contributed by atoms with Gasteiger partial charge in [-0.3, -0.25) is 4.79 Å². The van der Waals surface area contributed by atoms with Gasteiger partial charge in [0.15, 0.2) is 11.5 Å². The fraction of sp³-hybridized carbons (Fsp3) is 0.0833. The molecule has 2 N–H and O–H groups in total. The third-order valence-corrected chi connectivity index (χ3v) is 2.54. The van der Waals surface area contributed by atoms with Crippen molar-refractivity contribution in [3.05, 3.63) is 36.3 Å². The van der Waals surface area contributed by atoms with E-state index < -0.39 is 5.91 Å². The van der Waals surface area contributed by atoms with Crippen molar-refractivity contribution >= 4 is 5.91 Å². The van der Waals surface area contributed by atoms with Crippen LogP contribution in [0.5, 0.6) is 11.5 Å². The maximum absolute atomic E-state index is 11.0. The fourth-order valence-corrected chi connectivity index (χ4v) is 1.69. The largest absolute Gasteiger partial charge is 0.454 e. The summed E-state index contributed by atoms with van der Waals surface area (Å²) in [6, 6.07) is 7.13. The smallest absolute Gasteiger partial charge is 0.286 e. The third-order valence-electron chi connectivity index (χ3n) is 2.54. The number of aromatic nitrogens is 2. The van der Waals surface area contributed by atoms with Gasteiger partial charge in [0.05, 0.1) is 5.69 Å². The lowest BCUT2D eigenvalue weighted by Crippen LogP contribution is -2.15. The van der Waals surface area contributed by atoms with Gasteiger partial charge in [0.1, 0.15) is 0 Å². The molecular formula is C12H9N3O3. The van der Waals surface area contributed by atoms with E-state index in [1.807, 2.05) is 6.07 Å². The van der Waals surface area contributed by atoms with E-state index in [1.165, 1.54) is 6.20 Å². The number of nitrogens with two attached hydrogens (primary N) is 1. The second-order valence-corrected chi connectivity index (χ2v) is 3.70. The van der Waals surface area contributed by atoms with Crippen molar-refractivity contribution in [2.24, 2.45) is 5.73 Å². The number of amides is 1. The number of primary amides is 1. The zero-order chi connectivity index (χ0) is 12.5. The molecule has 0 saturated heterocycles. The van der Waals surface area contributed by atoms with Crippen LogP contribution in [0.3, 0.4) is 0 Å². The standard InChI is InChI=1S/C12H9N3O3/c13-11(16)12-14-4-3-8(15-12)7-1-2-9-10(5-7)18-6-17-9/h1-5H,6H2,(H2,13,16). The molecule has 1 aliphatic rings. The molecule has 0 unspecified atom stereocenters. The quantitative estimate of drug-likeness (QED) is 0.849. The van der Waals surface area contributed by atoms with Crippen LogP contribution in [0.25, 0.3) is 11.3 Å². The van der Waals surface area contributed by atoms with E-state index in [2.05, 4.69) is 9.97 Å². The number of benzene rings is 1. The Balaban J connectivity index is 2.04. The summed E-state index contributed by atoms with van der Waals surface area (Å²) in [5, 5.41) is 0. The summed E-state index contributed by atoms with van der Waals surface area (Å²) in [6.45, 7) is 0.217.